The molecular formula is C21H24N4O4S. The van der Waals surface area contributed by atoms with E-state index in [0.29, 0.717) is 37.7 Å². The predicted octanol–water partition coefficient (Wildman–Crippen LogP) is 2.81. The number of hydrogen-bond acceptors (Lipinski definition) is 6. The summed E-state index contributed by atoms with van der Waals surface area (Å²) in [7, 11) is -3.55. The predicted molar refractivity (Wildman–Crippen MR) is 111 cm³/mol. The van der Waals surface area contributed by atoms with Gasteiger partial charge in [-0.15, -0.1) is 5.10 Å². The molecule has 0 unspecified atom stereocenters. The van der Waals surface area contributed by atoms with Crippen LogP contribution in [-0.2, 0) is 16.6 Å². The fourth-order valence-corrected chi connectivity index (χ4v) is 4.86. The van der Waals surface area contributed by atoms with Crippen molar-refractivity contribution in [1.82, 2.24) is 19.3 Å². The second-order valence-electron chi connectivity index (χ2n) is 7.13. The molecule has 1 aliphatic rings. The second-order valence-corrected chi connectivity index (χ2v) is 9.07. The van der Waals surface area contributed by atoms with Gasteiger partial charge in [0.25, 0.3) is 0 Å². The molecule has 8 nitrogen and oxygen atoms in total. The maximum Gasteiger partial charge on any atom is 0.243 e. The van der Waals surface area contributed by atoms with Crippen molar-refractivity contribution in [3.63, 3.8) is 0 Å². The molecule has 1 aliphatic heterocycles. The van der Waals surface area contributed by atoms with Gasteiger partial charge in [0.2, 0.25) is 10.0 Å². The smallest absolute Gasteiger partial charge is 0.243 e. The molecule has 0 amide bonds. The lowest BCUT2D eigenvalue weighted by Crippen LogP contribution is -2.50. The average Bonchev–Trinajstić information content (AvgIpc) is 3.16. The van der Waals surface area contributed by atoms with Crippen molar-refractivity contribution < 1.29 is 17.9 Å². The number of aromatic nitrogens is 3. The highest BCUT2D eigenvalue weighted by molar-refractivity contribution is 7.89. The summed E-state index contributed by atoms with van der Waals surface area (Å²) in [4.78, 5) is 0.275. The number of para-hydroxylation sites is 1. The fraction of sp³-hybridized carbons (Fsp3) is 0.333. The Morgan fingerprint density at radius 2 is 1.87 bits per heavy atom. The first-order chi connectivity index (χ1) is 14.5. The highest BCUT2D eigenvalue weighted by Gasteiger charge is 2.38. The standard InChI is InChI=1S/C21H24N4O4S/c1-3-28-21-10-9-20(11-16(21)2)30(26,27)24-13-18(14-24)25-12-17(22-23-25)15-29-19-7-5-4-6-8-19/h4-12,18H,3,13-15H2,1-2H3. The van der Waals surface area contributed by atoms with E-state index >= 15 is 0 Å². The van der Waals surface area contributed by atoms with Crippen LogP contribution in [0, 0.1) is 6.92 Å². The van der Waals surface area contributed by atoms with E-state index in [4.69, 9.17) is 9.47 Å². The summed E-state index contributed by atoms with van der Waals surface area (Å²) in [6.45, 7) is 5.31. The van der Waals surface area contributed by atoms with Crippen molar-refractivity contribution in [3.8, 4) is 11.5 Å². The van der Waals surface area contributed by atoms with Crippen molar-refractivity contribution >= 4 is 10.0 Å². The number of nitrogens with zero attached hydrogens (tertiary/aromatic N) is 4. The third kappa shape index (κ3) is 4.17. The molecule has 0 saturated carbocycles. The van der Waals surface area contributed by atoms with Gasteiger partial charge in [-0.1, -0.05) is 23.4 Å². The van der Waals surface area contributed by atoms with Crippen LogP contribution in [0.1, 0.15) is 24.2 Å². The number of rotatable bonds is 8. The first-order valence-corrected chi connectivity index (χ1v) is 11.2. The Hall–Kier alpha value is -2.91. The van der Waals surface area contributed by atoms with Gasteiger partial charge in [0.15, 0.2) is 0 Å². The zero-order chi connectivity index (χ0) is 21.1. The van der Waals surface area contributed by atoms with Gasteiger partial charge >= 0.3 is 0 Å². The van der Waals surface area contributed by atoms with E-state index in [-0.39, 0.29) is 10.9 Å². The van der Waals surface area contributed by atoms with Crippen LogP contribution >= 0.6 is 0 Å². The molecule has 158 valence electrons. The Morgan fingerprint density at radius 1 is 1.10 bits per heavy atom. The summed E-state index contributed by atoms with van der Waals surface area (Å²) in [6, 6.07) is 14.4. The number of hydrogen-bond donors (Lipinski definition) is 0. The fourth-order valence-electron chi connectivity index (χ4n) is 3.26. The lowest BCUT2D eigenvalue weighted by molar-refractivity contribution is 0.188. The van der Waals surface area contributed by atoms with Crippen LogP contribution in [0.25, 0.3) is 0 Å². The average molecular weight is 429 g/mol. The molecule has 0 atom stereocenters. The minimum atomic E-state index is -3.55. The van der Waals surface area contributed by atoms with Gasteiger partial charge in [0.1, 0.15) is 23.8 Å². The van der Waals surface area contributed by atoms with Crippen molar-refractivity contribution in [2.45, 2.75) is 31.4 Å². The van der Waals surface area contributed by atoms with Crippen molar-refractivity contribution in [3.05, 3.63) is 66.0 Å². The molecule has 30 heavy (non-hydrogen) atoms. The van der Waals surface area contributed by atoms with Crippen molar-refractivity contribution in [2.75, 3.05) is 19.7 Å². The van der Waals surface area contributed by atoms with Gasteiger partial charge in [-0.25, -0.2) is 13.1 Å². The highest BCUT2D eigenvalue weighted by Crippen LogP contribution is 2.30. The normalized spacial score (nSPS) is 15.0. The molecule has 4 rings (SSSR count). The number of aryl methyl sites for hydroxylation is 1. The number of sulfonamides is 1. The summed E-state index contributed by atoms with van der Waals surface area (Å²) >= 11 is 0. The van der Waals surface area contributed by atoms with Crippen LogP contribution < -0.4 is 9.47 Å². The highest BCUT2D eigenvalue weighted by atomic mass is 32.2. The van der Waals surface area contributed by atoms with E-state index in [1.165, 1.54) is 4.31 Å². The van der Waals surface area contributed by atoms with E-state index in [1.807, 2.05) is 44.2 Å². The van der Waals surface area contributed by atoms with E-state index in [0.717, 1.165) is 11.3 Å². The molecular weight excluding hydrogens is 404 g/mol. The van der Waals surface area contributed by atoms with Gasteiger partial charge in [0, 0.05) is 13.1 Å². The van der Waals surface area contributed by atoms with Gasteiger partial charge in [-0.3, -0.25) is 0 Å². The molecule has 0 N–H and O–H groups in total. The first kappa shape index (κ1) is 20.4. The minimum Gasteiger partial charge on any atom is -0.494 e. The quantitative estimate of drug-likeness (QED) is 0.548. The molecule has 9 heteroatoms. The van der Waals surface area contributed by atoms with Crippen LogP contribution in [0.2, 0.25) is 0 Å². The van der Waals surface area contributed by atoms with Gasteiger partial charge in [0.05, 0.1) is 23.7 Å². The molecule has 1 fully saturated rings. The lowest BCUT2D eigenvalue weighted by atomic mass is 10.2. The molecule has 0 spiro atoms. The topological polar surface area (TPSA) is 86.6 Å². The van der Waals surface area contributed by atoms with Gasteiger partial charge < -0.3 is 9.47 Å². The Kier molecular flexibility index (Phi) is 5.74. The molecule has 2 aromatic carbocycles. The zero-order valence-electron chi connectivity index (χ0n) is 16.9. The summed E-state index contributed by atoms with van der Waals surface area (Å²) < 4.78 is 40.1. The van der Waals surface area contributed by atoms with E-state index in [1.54, 1.807) is 29.1 Å². The van der Waals surface area contributed by atoms with Gasteiger partial charge in [-0.05, 0) is 49.7 Å². The summed E-state index contributed by atoms with van der Waals surface area (Å²) in [6.07, 6.45) is 1.80. The van der Waals surface area contributed by atoms with Crippen LogP contribution in [0.5, 0.6) is 11.5 Å². The molecule has 1 saturated heterocycles. The minimum absolute atomic E-state index is 0.0402. The molecule has 2 heterocycles. The maximum atomic E-state index is 12.9. The second kappa shape index (κ2) is 8.45. The van der Waals surface area contributed by atoms with Crippen LogP contribution in [0.3, 0.4) is 0 Å². The number of ether oxygens (including phenoxy) is 2. The third-order valence-electron chi connectivity index (χ3n) is 4.97. The first-order valence-electron chi connectivity index (χ1n) is 9.79. The molecule has 0 bridgehead atoms. The Balaban J connectivity index is 1.36. The molecule has 0 radical (unpaired) electrons. The van der Waals surface area contributed by atoms with E-state index < -0.39 is 10.0 Å². The maximum absolute atomic E-state index is 12.9. The molecule has 0 aliphatic carbocycles. The SMILES string of the molecule is CCOc1ccc(S(=O)(=O)N2CC(n3cc(COc4ccccc4)nn3)C2)cc1C. The third-order valence-corrected chi connectivity index (χ3v) is 6.80. The zero-order valence-corrected chi connectivity index (χ0v) is 17.7. The monoisotopic (exact) mass is 428 g/mol. The Morgan fingerprint density at radius 3 is 2.57 bits per heavy atom. The van der Waals surface area contributed by atoms with E-state index in [2.05, 4.69) is 10.3 Å². The van der Waals surface area contributed by atoms with Crippen LogP contribution in [-0.4, -0.2) is 47.4 Å². The Labute approximate surface area is 176 Å². The van der Waals surface area contributed by atoms with Crippen LogP contribution in [0.15, 0.2) is 59.6 Å². The number of benzene rings is 2. The lowest BCUT2D eigenvalue weighted by Gasteiger charge is -2.37. The van der Waals surface area contributed by atoms with Crippen molar-refractivity contribution in [1.29, 1.82) is 0 Å². The van der Waals surface area contributed by atoms with Crippen LogP contribution in [0.4, 0.5) is 0 Å². The molecule has 3 aromatic rings. The van der Waals surface area contributed by atoms with E-state index in [9.17, 15) is 8.42 Å². The van der Waals surface area contributed by atoms with Gasteiger partial charge in [-0.2, -0.15) is 4.31 Å². The summed E-state index contributed by atoms with van der Waals surface area (Å²) in [5.74, 6) is 1.46. The summed E-state index contributed by atoms with van der Waals surface area (Å²) in [5, 5.41) is 8.26. The summed E-state index contributed by atoms with van der Waals surface area (Å²) in [5.41, 5.74) is 1.50. The largest absolute Gasteiger partial charge is 0.494 e. The Bertz CT molecular complexity index is 1110. The van der Waals surface area contributed by atoms with Crippen molar-refractivity contribution in [2.24, 2.45) is 0 Å². The molecule has 1 aromatic heterocycles.